The molecule has 2 aromatic rings. The largest absolute Gasteiger partial charge is 0.294 e. The molecule has 0 radical (unpaired) electrons. The molecule has 0 fully saturated rings. The summed E-state index contributed by atoms with van der Waals surface area (Å²) in [7, 11) is 0. The summed E-state index contributed by atoms with van der Waals surface area (Å²) >= 11 is 7.92. The summed E-state index contributed by atoms with van der Waals surface area (Å²) in [6.07, 6.45) is 0.503. The Hall–Kier alpha value is -1.25. The van der Waals surface area contributed by atoms with Gasteiger partial charge in [-0.25, -0.2) is 0 Å². The average Bonchev–Trinajstić information content (AvgIpc) is 2.46. The molecule has 2 rings (SSSR count). The van der Waals surface area contributed by atoms with Crippen molar-refractivity contribution >= 4 is 29.1 Å². The Morgan fingerprint density at radius 3 is 2.53 bits per heavy atom. The Balaban J connectivity index is 2.22. The summed E-state index contributed by atoms with van der Waals surface area (Å²) in [6, 6.07) is 15.7. The molecule has 0 saturated carbocycles. The summed E-state index contributed by atoms with van der Waals surface area (Å²) in [5.74, 6) is 0.858. The number of benzene rings is 2. The molecule has 1 nitrogen and oxygen atoms in total. The van der Waals surface area contributed by atoms with Crippen molar-refractivity contribution in [1.82, 2.24) is 0 Å². The molecule has 0 saturated heterocycles. The Labute approximate surface area is 123 Å². The number of halogens is 1. The van der Waals surface area contributed by atoms with Crippen LogP contribution in [0.3, 0.4) is 0 Å². The first kappa shape index (κ1) is 14.2. The summed E-state index contributed by atoms with van der Waals surface area (Å²) < 4.78 is 0. The van der Waals surface area contributed by atoms with E-state index in [4.69, 9.17) is 11.6 Å². The van der Waals surface area contributed by atoms with E-state index in [0.717, 1.165) is 11.1 Å². The van der Waals surface area contributed by atoms with Crippen LogP contribution in [0.5, 0.6) is 0 Å². The van der Waals surface area contributed by atoms with Gasteiger partial charge in [-0.15, -0.1) is 11.8 Å². The van der Waals surface area contributed by atoms with Gasteiger partial charge >= 0.3 is 0 Å². The number of carbonyl (C=O) groups is 1. The molecule has 0 heterocycles. The lowest BCUT2D eigenvalue weighted by Gasteiger charge is -2.10. The molecule has 0 bridgehead atoms. The van der Waals surface area contributed by atoms with Crippen LogP contribution in [0.1, 0.15) is 29.3 Å². The zero-order chi connectivity index (χ0) is 13.7. The monoisotopic (exact) mass is 290 g/mol. The smallest absolute Gasteiger partial charge is 0.162 e. The van der Waals surface area contributed by atoms with Crippen LogP contribution in [0.15, 0.2) is 53.4 Å². The molecule has 2 aromatic carbocycles. The minimum absolute atomic E-state index is 0.145. The maximum Gasteiger partial charge on any atom is 0.162 e. The fraction of sp³-hybridized carbons (Fsp3) is 0.188. The predicted octanol–water partition coefficient (Wildman–Crippen LogP) is 5.23. The maximum atomic E-state index is 11.9. The fourth-order valence-electron chi connectivity index (χ4n) is 1.83. The minimum atomic E-state index is 0.145. The Bertz CT molecular complexity index is 566. The van der Waals surface area contributed by atoms with Crippen molar-refractivity contribution in [2.45, 2.75) is 24.0 Å². The summed E-state index contributed by atoms with van der Waals surface area (Å²) in [5.41, 5.74) is 1.68. The van der Waals surface area contributed by atoms with Crippen LogP contribution in [0, 0.1) is 0 Å². The molecule has 0 aliphatic heterocycles. The second kappa shape index (κ2) is 6.78. The predicted molar refractivity (Wildman–Crippen MR) is 82.1 cm³/mol. The molecule has 0 aliphatic rings. The van der Waals surface area contributed by atoms with Gasteiger partial charge < -0.3 is 0 Å². The zero-order valence-corrected chi connectivity index (χ0v) is 12.3. The topological polar surface area (TPSA) is 17.1 Å². The number of Topliss-reactive ketones (excluding diaryl/α,β-unsaturated/α-hetero) is 1. The van der Waals surface area contributed by atoms with Gasteiger partial charge in [-0.05, 0) is 23.8 Å². The highest BCUT2D eigenvalue weighted by Crippen LogP contribution is 2.29. The van der Waals surface area contributed by atoms with Gasteiger partial charge in [-0.2, -0.15) is 0 Å². The average molecular weight is 291 g/mol. The van der Waals surface area contributed by atoms with E-state index in [2.05, 4.69) is 12.1 Å². The molecule has 0 atom stereocenters. The standard InChI is InChI=1S/C16H15ClOS/c1-2-16(18)13-9-6-10-15(17)14(13)11-19-12-7-4-3-5-8-12/h3-10H,2,11H2,1H3. The third-order valence-electron chi connectivity index (χ3n) is 2.87. The molecule has 0 spiro atoms. The molecule has 98 valence electrons. The summed E-state index contributed by atoms with van der Waals surface area (Å²) in [4.78, 5) is 13.1. The SMILES string of the molecule is CCC(=O)c1cccc(Cl)c1CSc1ccccc1. The number of ketones is 1. The molecule has 0 N–H and O–H groups in total. The van der Waals surface area contributed by atoms with Crippen molar-refractivity contribution in [3.05, 3.63) is 64.7 Å². The summed E-state index contributed by atoms with van der Waals surface area (Å²) in [5, 5.41) is 0.669. The second-order valence-corrected chi connectivity index (χ2v) is 5.60. The van der Waals surface area contributed by atoms with E-state index < -0.39 is 0 Å². The van der Waals surface area contributed by atoms with Crippen molar-refractivity contribution in [2.75, 3.05) is 0 Å². The van der Waals surface area contributed by atoms with Crippen molar-refractivity contribution < 1.29 is 4.79 Å². The van der Waals surface area contributed by atoms with E-state index in [-0.39, 0.29) is 5.78 Å². The van der Waals surface area contributed by atoms with Crippen LogP contribution < -0.4 is 0 Å². The van der Waals surface area contributed by atoms with Crippen LogP contribution in [0.25, 0.3) is 0 Å². The lowest BCUT2D eigenvalue weighted by Crippen LogP contribution is -2.02. The number of hydrogen-bond acceptors (Lipinski definition) is 2. The number of rotatable bonds is 5. The van der Waals surface area contributed by atoms with Crippen molar-refractivity contribution in [3.63, 3.8) is 0 Å². The van der Waals surface area contributed by atoms with Crippen LogP contribution in [-0.4, -0.2) is 5.78 Å². The van der Waals surface area contributed by atoms with Gasteiger partial charge in [-0.1, -0.05) is 48.9 Å². The molecule has 0 aromatic heterocycles. The highest BCUT2D eigenvalue weighted by Gasteiger charge is 2.12. The number of thioether (sulfide) groups is 1. The normalized spacial score (nSPS) is 10.4. The van der Waals surface area contributed by atoms with Gasteiger partial charge in [0, 0.05) is 27.7 Å². The van der Waals surface area contributed by atoms with Crippen LogP contribution in [-0.2, 0) is 5.75 Å². The Kier molecular flexibility index (Phi) is 5.06. The van der Waals surface area contributed by atoms with Crippen molar-refractivity contribution in [1.29, 1.82) is 0 Å². The highest BCUT2D eigenvalue weighted by atomic mass is 35.5. The number of hydrogen-bond donors (Lipinski definition) is 0. The van der Waals surface area contributed by atoms with Gasteiger partial charge in [0.1, 0.15) is 0 Å². The van der Waals surface area contributed by atoms with Gasteiger partial charge in [0.15, 0.2) is 5.78 Å². The van der Waals surface area contributed by atoms with Crippen molar-refractivity contribution in [3.8, 4) is 0 Å². The van der Waals surface area contributed by atoms with Gasteiger partial charge in [0.2, 0.25) is 0 Å². The van der Waals surface area contributed by atoms with E-state index in [1.54, 1.807) is 11.8 Å². The van der Waals surface area contributed by atoms with Crippen LogP contribution in [0.4, 0.5) is 0 Å². The molecule has 0 amide bonds. The Morgan fingerprint density at radius 2 is 1.84 bits per heavy atom. The lowest BCUT2D eigenvalue weighted by molar-refractivity contribution is 0.0987. The second-order valence-electron chi connectivity index (χ2n) is 4.14. The number of carbonyl (C=O) groups excluding carboxylic acids is 1. The van der Waals surface area contributed by atoms with Crippen LogP contribution in [0.2, 0.25) is 5.02 Å². The third-order valence-corrected chi connectivity index (χ3v) is 4.26. The minimum Gasteiger partial charge on any atom is -0.294 e. The van der Waals surface area contributed by atoms with E-state index >= 15 is 0 Å². The first-order valence-electron chi connectivity index (χ1n) is 6.20. The zero-order valence-electron chi connectivity index (χ0n) is 10.7. The fourth-order valence-corrected chi connectivity index (χ4v) is 3.12. The molecule has 0 unspecified atom stereocenters. The third kappa shape index (κ3) is 3.62. The molecular formula is C16H15ClOS. The van der Waals surface area contributed by atoms with Crippen molar-refractivity contribution in [2.24, 2.45) is 0 Å². The summed E-state index contributed by atoms with van der Waals surface area (Å²) in [6.45, 7) is 1.87. The van der Waals surface area contributed by atoms with E-state index in [0.29, 0.717) is 17.2 Å². The first-order valence-corrected chi connectivity index (χ1v) is 7.57. The maximum absolute atomic E-state index is 11.9. The van der Waals surface area contributed by atoms with E-state index in [1.807, 2.05) is 43.3 Å². The lowest BCUT2D eigenvalue weighted by atomic mass is 10.0. The first-order chi connectivity index (χ1) is 9.22. The quantitative estimate of drug-likeness (QED) is 0.554. The molecule has 19 heavy (non-hydrogen) atoms. The van der Waals surface area contributed by atoms with Gasteiger partial charge in [0.05, 0.1) is 0 Å². The highest BCUT2D eigenvalue weighted by molar-refractivity contribution is 7.98. The van der Waals surface area contributed by atoms with E-state index in [9.17, 15) is 4.79 Å². The molecule has 0 aliphatic carbocycles. The van der Waals surface area contributed by atoms with E-state index in [1.165, 1.54) is 4.90 Å². The van der Waals surface area contributed by atoms with Gasteiger partial charge in [-0.3, -0.25) is 4.79 Å². The van der Waals surface area contributed by atoms with Gasteiger partial charge in [0.25, 0.3) is 0 Å². The molecule has 3 heteroatoms. The van der Waals surface area contributed by atoms with Crippen LogP contribution >= 0.6 is 23.4 Å². The molecular weight excluding hydrogens is 276 g/mol. The Morgan fingerprint density at radius 1 is 1.11 bits per heavy atom.